The third kappa shape index (κ3) is 2.86. The highest BCUT2D eigenvalue weighted by Gasteiger charge is 2.20. The van der Waals surface area contributed by atoms with Crippen molar-refractivity contribution in [3.8, 4) is 0 Å². The van der Waals surface area contributed by atoms with Gasteiger partial charge in [-0.3, -0.25) is 0 Å². The fraction of sp³-hybridized carbons (Fsp3) is 0.286. The van der Waals surface area contributed by atoms with Crippen molar-refractivity contribution < 1.29 is 10.2 Å². The van der Waals surface area contributed by atoms with Crippen molar-refractivity contribution in [3.05, 3.63) is 59.0 Å². The number of β-amino-alcohol motifs (C(OH)–C–C–N with tert-alkyl or cyclic N) is 1. The summed E-state index contributed by atoms with van der Waals surface area (Å²) in [5.74, 6) is 0.306. The molecule has 0 bridgehead atoms. The van der Waals surface area contributed by atoms with Crippen molar-refractivity contribution in [2.45, 2.75) is 19.1 Å². The molecule has 1 aliphatic heterocycles. The molecule has 1 unspecified atom stereocenters. The molecule has 0 aliphatic carbocycles. The van der Waals surface area contributed by atoms with Crippen LogP contribution >= 0.6 is 11.6 Å². The first kappa shape index (κ1) is 13.0. The predicted octanol–water partition coefficient (Wildman–Crippen LogP) is 3.03. The quantitative estimate of drug-likeness (QED) is 0.883. The summed E-state index contributed by atoms with van der Waals surface area (Å²) >= 11 is 5.81. The van der Waals surface area contributed by atoms with Gasteiger partial charge in [-0.25, -0.2) is 0 Å². The maximum atomic E-state index is 10.1. The van der Waals surface area contributed by atoms with E-state index < -0.39 is 6.10 Å². The van der Waals surface area contributed by atoms with Gasteiger partial charge < -0.3 is 15.1 Å². The molecule has 1 aliphatic rings. The van der Waals surface area contributed by atoms with Gasteiger partial charge in [0.05, 0.1) is 12.1 Å². The molecule has 0 amide bonds. The summed E-state index contributed by atoms with van der Waals surface area (Å²) in [6.45, 7) is 2.32. The monoisotopic (exact) mass is 265 g/mol. The Balaban J connectivity index is 2.04. The van der Waals surface area contributed by atoms with Crippen LogP contribution < -0.4 is 0 Å². The molecule has 2 rings (SSSR count). The van der Waals surface area contributed by atoms with Crippen LogP contribution in [0.5, 0.6) is 0 Å². The summed E-state index contributed by atoms with van der Waals surface area (Å²) in [5, 5.41) is 20.4. The van der Waals surface area contributed by atoms with Crippen molar-refractivity contribution in [3.63, 3.8) is 0 Å². The third-order valence-corrected chi connectivity index (χ3v) is 3.36. The fourth-order valence-corrected chi connectivity index (χ4v) is 2.03. The molecular weight excluding hydrogens is 250 g/mol. The second kappa shape index (κ2) is 5.46. The lowest BCUT2D eigenvalue weighted by Gasteiger charge is -2.31. The second-order valence-electron chi connectivity index (χ2n) is 4.37. The van der Waals surface area contributed by atoms with Gasteiger partial charge in [0.15, 0.2) is 0 Å². The molecule has 0 spiro atoms. The molecule has 1 aromatic carbocycles. The van der Waals surface area contributed by atoms with Gasteiger partial charge in [-0.05, 0) is 43.0 Å². The number of aliphatic hydroxyl groups is 2. The summed E-state index contributed by atoms with van der Waals surface area (Å²) in [7, 11) is 0. The van der Waals surface area contributed by atoms with E-state index in [1.165, 1.54) is 0 Å². The van der Waals surface area contributed by atoms with E-state index in [2.05, 4.69) is 0 Å². The molecule has 3 nitrogen and oxygen atoms in total. The standard InChI is InChI=1S/C14H16ClNO2/c1-10-13(17)3-2-8-16(10)9-14(18)11-4-6-12(15)7-5-11/h2-8,10,14,17-18H,9H2,1H3/t10-,14?/m1/s1. The van der Waals surface area contributed by atoms with Gasteiger partial charge in [-0.15, -0.1) is 0 Å². The molecule has 4 heteroatoms. The summed E-state index contributed by atoms with van der Waals surface area (Å²) < 4.78 is 0. The SMILES string of the molecule is C[C@@H]1C(O)=CC=CN1CC(O)c1ccc(Cl)cc1. The number of hydrogen-bond acceptors (Lipinski definition) is 3. The van der Waals surface area contributed by atoms with Crippen LogP contribution in [0.1, 0.15) is 18.6 Å². The van der Waals surface area contributed by atoms with E-state index >= 15 is 0 Å². The number of rotatable bonds is 3. The zero-order valence-electron chi connectivity index (χ0n) is 10.1. The van der Waals surface area contributed by atoms with Crippen LogP contribution in [-0.2, 0) is 0 Å². The lowest BCUT2D eigenvalue weighted by molar-refractivity contribution is 0.115. The largest absolute Gasteiger partial charge is 0.510 e. The van der Waals surface area contributed by atoms with Crippen LogP contribution in [0.25, 0.3) is 0 Å². The maximum absolute atomic E-state index is 10.1. The van der Waals surface area contributed by atoms with Gasteiger partial charge in [-0.2, -0.15) is 0 Å². The lowest BCUT2D eigenvalue weighted by atomic mass is 10.1. The second-order valence-corrected chi connectivity index (χ2v) is 4.81. The van der Waals surface area contributed by atoms with E-state index in [-0.39, 0.29) is 6.04 Å². The Kier molecular flexibility index (Phi) is 3.94. The number of nitrogens with zero attached hydrogens (tertiary/aromatic N) is 1. The minimum absolute atomic E-state index is 0.114. The number of allylic oxidation sites excluding steroid dienone is 2. The van der Waals surface area contributed by atoms with E-state index in [0.29, 0.717) is 17.3 Å². The Morgan fingerprint density at radius 2 is 2.00 bits per heavy atom. The van der Waals surface area contributed by atoms with Gasteiger partial charge in [0.2, 0.25) is 0 Å². The zero-order chi connectivity index (χ0) is 13.1. The van der Waals surface area contributed by atoms with Gasteiger partial charge in [0, 0.05) is 11.6 Å². The predicted molar refractivity (Wildman–Crippen MR) is 72.4 cm³/mol. The smallest absolute Gasteiger partial charge is 0.114 e. The molecular formula is C14H16ClNO2. The van der Waals surface area contributed by atoms with Gasteiger partial charge in [-0.1, -0.05) is 23.7 Å². The van der Waals surface area contributed by atoms with E-state index in [1.807, 2.05) is 18.0 Å². The molecule has 0 aromatic heterocycles. The Labute approximate surface area is 112 Å². The Morgan fingerprint density at radius 3 is 2.67 bits per heavy atom. The molecule has 0 saturated heterocycles. The normalized spacial score (nSPS) is 20.7. The molecule has 0 radical (unpaired) electrons. The van der Waals surface area contributed by atoms with Crippen LogP contribution in [0.4, 0.5) is 0 Å². The minimum atomic E-state index is -0.611. The van der Waals surface area contributed by atoms with E-state index in [1.54, 1.807) is 36.4 Å². The number of aliphatic hydroxyl groups excluding tert-OH is 2. The van der Waals surface area contributed by atoms with Crippen LogP contribution in [0.3, 0.4) is 0 Å². The molecule has 96 valence electrons. The van der Waals surface area contributed by atoms with Crippen LogP contribution in [0.15, 0.2) is 48.4 Å². The average Bonchev–Trinajstić information content (AvgIpc) is 2.36. The lowest BCUT2D eigenvalue weighted by Crippen LogP contribution is -2.34. The summed E-state index contributed by atoms with van der Waals surface area (Å²) in [4.78, 5) is 1.90. The van der Waals surface area contributed by atoms with Gasteiger partial charge in [0.25, 0.3) is 0 Å². The molecule has 18 heavy (non-hydrogen) atoms. The molecule has 2 N–H and O–H groups in total. The highest BCUT2D eigenvalue weighted by atomic mass is 35.5. The van der Waals surface area contributed by atoms with Gasteiger partial charge >= 0.3 is 0 Å². The average molecular weight is 266 g/mol. The summed E-state index contributed by atoms with van der Waals surface area (Å²) in [6.07, 6.45) is 4.68. The van der Waals surface area contributed by atoms with Crippen LogP contribution in [0, 0.1) is 0 Å². The van der Waals surface area contributed by atoms with Crippen molar-refractivity contribution in [1.82, 2.24) is 4.90 Å². The van der Waals surface area contributed by atoms with Crippen molar-refractivity contribution in [2.75, 3.05) is 6.54 Å². The third-order valence-electron chi connectivity index (χ3n) is 3.11. The van der Waals surface area contributed by atoms with E-state index in [9.17, 15) is 10.2 Å². The highest BCUT2D eigenvalue weighted by Crippen LogP contribution is 2.21. The van der Waals surface area contributed by atoms with E-state index in [0.717, 1.165) is 5.56 Å². The van der Waals surface area contributed by atoms with Crippen molar-refractivity contribution in [1.29, 1.82) is 0 Å². The molecule has 2 atom stereocenters. The van der Waals surface area contributed by atoms with Crippen LogP contribution in [0.2, 0.25) is 5.02 Å². The van der Waals surface area contributed by atoms with Gasteiger partial charge in [0.1, 0.15) is 5.76 Å². The molecule has 1 heterocycles. The summed E-state index contributed by atoms with van der Waals surface area (Å²) in [5.41, 5.74) is 0.814. The fourth-order valence-electron chi connectivity index (χ4n) is 1.90. The van der Waals surface area contributed by atoms with Crippen molar-refractivity contribution >= 4 is 11.6 Å². The summed E-state index contributed by atoms with van der Waals surface area (Å²) in [6, 6.07) is 7.01. The zero-order valence-corrected chi connectivity index (χ0v) is 10.9. The Hall–Kier alpha value is -1.45. The number of hydrogen-bond donors (Lipinski definition) is 2. The topological polar surface area (TPSA) is 43.7 Å². The minimum Gasteiger partial charge on any atom is -0.510 e. The van der Waals surface area contributed by atoms with E-state index in [4.69, 9.17) is 11.6 Å². The first-order chi connectivity index (χ1) is 8.58. The first-order valence-electron chi connectivity index (χ1n) is 5.84. The molecule has 0 fully saturated rings. The number of halogens is 1. The molecule has 1 aromatic rings. The molecule has 0 saturated carbocycles. The Bertz CT molecular complexity index is 467. The van der Waals surface area contributed by atoms with Crippen molar-refractivity contribution in [2.24, 2.45) is 0 Å². The first-order valence-corrected chi connectivity index (χ1v) is 6.22. The Morgan fingerprint density at radius 1 is 1.33 bits per heavy atom. The highest BCUT2D eigenvalue weighted by molar-refractivity contribution is 6.30. The van der Waals surface area contributed by atoms with Crippen LogP contribution in [-0.4, -0.2) is 27.7 Å². The number of benzene rings is 1. The maximum Gasteiger partial charge on any atom is 0.114 e.